The third kappa shape index (κ3) is 2.69. The van der Waals surface area contributed by atoms with Gasteiger partial charge >= 0.3 is 5.97 Å². The number of ether oxygens (including phenoxy) is 1. The van der Waals surface area contributed by atoms with Crippen molar-refractivity contribution in [3.8, 4) is 16.9 Å². The maximum atomic E-state index is 13.0. The summed E-state index contributed by atoms with van der Waals surface area (Å²) in [6, 6.07) is 8.45. The molecule has 5 heteroatoms. The smallest absolute Gasteiger partial charge is 0.337 e. The Hall–Kier alpha value is -2.07. The maximum absolute atomic E-state index is 13.0. The quantitative estimate of drug-likeness (QED) is 0.854. The van der Waals surface area contributed by atoms with Crippen LogP contribution in [0.2, 0.25) is 5.02 Å². The van der Waals surface area contributed by atoms with Crippen molar-refractivity contribution >= 4 is 17.6 Å². The summed E-state index contributed by atoms with van der Waals surface area (Å²) in [6.45, 7) is 0. The number of hydrogen-bond donors (Lipinski definition) is 1. The van der Waals surface area contributed by atoms with E-state index in [0.717, 1.165) is 6.07 Å². The molecule has 0 saturated heterocycles. The minimum atomic E-state index is -0.719. The maximum Gasteiger partial charge on any atom is 0.337 e. The Balaban J connectivity index is 2.54. The van der Waals surface area contributed by atoms with E-state index < -0.39 is 17.5 Å². The second-order valence-electron chi connectivity index (χ2n) is 3.85. The lowest BCUT2D eigenvalue weighted by Crippen LogP contribution is -2.01. The Kier molecular flexibility index (Phi) is 3.71. The Morgan fingerprint density at radius 1 is 1.26 bits per heavy atom. The molecular formula is C14H10ClFO3. The summed E-state index contributed by atoms with van der Waals surface area (Å²) in [4.78, 5) is 11.5. The number of benzene rings is 2. The SMILES string of the molecule is COC(=O)c1ccc(Cl)c(-c2ccc(F)c(O)c2)c1. The fraction of sp³-hybridized carbons (Fsp3) is 0.0714. The average molecular weight is 281 g/mol. The molecule has 0 bridgehead atoms. The van der Waals surface area contributed by atoms with Crippen LogP contribution >= 0.6 is 11.6 Å². The van der Waals surface area contributed by atoms with Gasteiger partial charge in [0.1, 0.15) is 0 Å². The van der Waals surface area contributed by atoms with E-state index in [2.05, 4.69) is 4.74 Å². The van der Waals surface area contributed by atoms with Gasteiger partial charge in [0.15, 0.2) is 11.6 Å². The number of carbonyl (C=O) groups excluding carboxylic acids is 1. The predicted molar refractivity (Wildman–Crippen MR) is 69.9 cm³/mol. The summed E-state index contributed by atoms with van der Waals surface area (Å²) in [5.41, 5.74) is 1.35. The Bertz CT molecular complexity index is 641. The average Bonchev–Trinajstić information content (AvgIpc) is 2.41. The molecule has 1 N–H and O–H groups in total. The number of hydrogen-bond acceptors (Lipinski definition) is 3. The third-order valence-corrected chi connectivity index (χ3v) is 2.97. The summed E-state index contributed by atoms with van der Waals surface area (Å²) < 4.78 is 17.6. The van der Waals surface area contributed by atoms with Gasteiger partial charge in [0, 0.05) is 10.6 Å². The lowest BCUT2D eigenvalue weighted by Gasteiger charge is -2.08. The van der Waals surface area contributed by atoms with Crippen molar-refractivity contribution in [2.45, 2.75) is 0 Å². The lowest BCUT2D eigenvalue weighted by atomic mass is 10.0. The fourth-order valence-corrected chi connectivity index (χ4v) is 1.90. The molecule has 0 heterocycles. The summed E-state index contributed by atoms with van der Waals surface area (Å²) in [5, 5.41) is 9.75. The standard InChI is InChI=1S/C14H10ClFO3/c1-19-14(18)9-2-4-11(15)10(6-9)8-3-5-12(16)13(17)7-8/h2-7,17H,1H3. The molecule has 0 aliphatic heterocycles. The monoisotopic (exact) mass is 280 g/mol. The topological polar surface area (TPSA) is 46.5 Å². The van der Waals surface area contributed by atoms with Crippen LogP contribution in [0.3, 0.4) is 0 Å². The fourth-order valence-electron chi connectivity index (χ4n) is 1.67. The first-order valence-electron chi connectivity index (χ1n) is 5.39. The van der Waals surface area contributed by atoms with Crippen LogP contribution in [0.5, 0.6) is 5.75 Å². The molecule has 2 aromatic rings. The number of esters is 1. The van der Waals surface area contributed by atoms with Gasteiger partial charge in [-0.2, -0.15) is 0 Å². The first kappa shape index (κ1) is 13.4. The van der Waals surface area contributed by atoms with Crippen LogP contribution in [0, 0.1) is 5.82 Å². The van der Waals surface area contributed by atoms with Gasteiger partial charge in [-0.05, 0) is 35.9 Å². The highest BCUT2D eigenvalue weighted by molar-refractivity contribution is 6.33. The molecule has 0 fully saturated rings. The zero-order chi connectivity index (χ0) is 14.0. The molecule has 2 aromatic carbocycles. The molecule has 0 unspecified atom stereocenters. The van der Waals surface area contributed by atoms with Crippen molar-refractivity contribution in [3.63, 3.8) is 0 Å². The Labute approximate surface area is 114 Å². The van der Waals surface area contributed by atoms with E-state index >= 15 is 0 Å². The van der Waals surface area contributed by atoms with Crippen molar-refractivity contribution in [2.75, 3.05) is 7.11 Å². The van der Waals surface area contributed by atoms with Crippen LogP contribution in [-0.2, 0) is 4.74 Å². The molecule has 0 aliphatic rings. The Morgan fingerprint density at radius 2 is 2.00 bits per heavy atom. The first-order valence-corrected chi connectivity index (χ1v) is 5.77. The van der Waals surface area contributed by atoms with E-state index in [9.17, 15) is 14.3 Å². The minimum absolute atomic E-state index is 0.325. The largest absolute Gasteiger partial charge is 0.505 e. The van der Waals surface area contributed by atoms with E-state index in [-0.39, 0.29) is 0 Å². The molecule has 0 aliphatic carbocycles. The minimum Gasteiger partial charge on any atom is -0.505 e. The van der Waals surface area contributed by atoms with E-state index in [1.165, 1.54) is 31.4 Å². The second kappa shape index (κ2) is 5.28. The van der Waals surface area contributed by atoms with Crippen molar-refractivity contribution in [2.24, 2.45) is 0 Å². The van der Waals surface area contributed by atoms with Gasteiger partial charge in [-0.1, -0.05) is 17.7 Å². The van der Waals surface area contributed by atoms with Crippen molar-refractivity contribution in [1.82, 2.24) is 0 Å². The molecule has 0 radical (unpaired) electrons. The molecule has 3 nitrogen and oxygen atoms in total. The van der Waals surface area contributed by atoms with Crippen LogP contribution in [0.1, 0.15) is 10.4 Å². The number of phenols is 1. The van der Waals surface area contributed by atoms with Crippen molar-refractivity contribution in [3.05, 3.63) is 52.8 Å². The molecule has 0 saturated carbocycles. The number of halogens is 2. The van der Waals surface area contributed by atoms with Gasteiger partial charge in [0.05, 0.1) is 12.7 Å². The number of methoxy groups -OCH3 is 1. The normalized spacial score (nSPS) is 10.3. The van der Waals surface area contributed by atoms with Gasteiger partial charge < -0.3 is 9.84 Å². The van der Waals surface area contributed by atoms with Crippen LogP contribution < -0.4 is 0 Å². The summed E-state index contributed by atoms with van der Waals surface area (Å²) in [5.74, 6) is -1.69. The molecular weight excluding hydrogens is 271 g/mol. The van der Waals surface area contributed by atoms with E-state index in [1.54, 1.807) is 6.07 Å². The zero-order valence-electron chi connectivity index (χ0n) is 9.98. The number of rotatable bonds is 2. The second-order valence-corrected chi connectivity index (χ2v) is 4.26. The van der Waals surface area contributed by atoms with Crippen LogP contribution in [0.15, 0.2) is 36.4 Å². The molecule has 19 heavy (non-hydrogen) atoms. The molecule has 0 amide bonds. The van der Waals surface area contributed by atoms with E-state index in [0.29, 0.717) is 21.7 Å². The molecule has 0 spiro atoms. The highest BCUT2D eigenvalue weighted by Gasteiger charge is 2.11. The highest BCUT2D eigenvalue weighted by atomic mass is 35.5. The van der Waals surface area contributed by atoms with Gasteiger partial charge in [-0.25, -0.2) is 9.18 Å². The molecule has 98 valence electrons. The number of carbonyl (C=O) groups is 1. The van der Waals surface area contributed by atoms with Gasteiger partial charge in [0.25, 0.3) is 0 Å². The first-order chi connectivity index (χ1) is 9.02. The molecule has 0 aromatic heterocycles. The number of phenolic OH excluding ortho intramolecular Hbond substituents is 1. The van der Waals surface area contributed by atoms with Crippen LogP contribution in [0.25, 0.3) is 11.1 Å². The van der Waals surface area contributed by atoms with Gasteiger partial charge in [-0.15, -0.1) is 0 Å². The zero-order valence-corrected chi connectivity index (χ0v) is 10.7. The van der Waals surface area contributed by atoms with Crippen molar-refractivity contribution < 1.29 is 19.0 Å². The van der Waals surface area contributed by atoms with Crippen molar-refractivity contribution in [1.29, 1.82) is 0 Å². The van der Waals surface area contributed by atoms with Gasteiger partial charge in [-0.3, -0.25) is 0 Å². The molecule has 0 atom stereocenters. The van der Waals surface area contributed by atoms with Crippen LogP contribution in [0.4, 0.5) is 4.39 Å². The van der Waals surface area contributed by atoms with E-state index in [1.807, 2.05) is 0 Å². The predicted octanol–water partition coefficient (Wildman–Crippen LogP) is 3.64. The summed E-state index contributed by atoms with van der Waals surface area (Å²) >= 11 is 6.04. The lowest BCUT2D eigenvalue weighted by molar-refractivity contribution is 0.0601. The highest BCUT2D eigenvalue weighted by Crippen LogP contribution is 2.32. The third-order valence-electron chi connectivity index (χ3n) is 2.64. The molecule has 2 rings (SSSR count). The number of aromatic hydroxyl groups is 1. The Morgan fingerprint density at radius 3 is 2.63 bits per heavy atom. The van der Waals surface area contributed by atoms with Gasteiger partial charge in [0.2, 0.25) is 0 Å². The van der Waals surface area contributed by atoms with Crippen LogP contribution in [-0.4, -0.2) is 18.2 Å². The summed E-state index contributed by atoms with van der Waals surface area (Å²) in [7, 11) is 1.28. The summed E-state index contributed by atoms with van der Waals surface area (Å²) in [6.07, 6.45) is 0. The van der Waals surface area contributed by atoms with E-state index in [4.69, 9.17) is 11.6 Å².